The van der Waals surface area contributed by atoms with E-state index in [2.05, 4.69) is 11.7 Å². The third-order valence-corrected chi connectivity index (χ3v) is 6.38. The summed E-state index contributed by atoms with van der Waals surface area (Å²) < 4.78 is 9.84. The molecule has 0 saturated heterocycles. The van der Waals surface area contributed by atoms with E-state index >= 15 is 0 Å². The maximum atomic E-state index is 11.6. The zero-order valence-electron chi connectivity index (χ0n) is 19.9. The normalized spacial score (nSPS) is 10.9. The molecule has 178 valence electrons. The Morgan fingerprint density at radius 3 is 1.43 bits per heavy atom. The number of methoxy groups -OCH3 is 1. The van der Waals surface area contributed by atoms with Crippen molar-refractivity contribution in [2.75, 3.05) is 25.2 Å². The molecule has 4 nitrogen and oxygen atoms in total. The van der Waals surface area contributed by atoms with E-state index < -0.39 is 0 Å². The van der Waals surface area contributed by atoms with E-state index in [4.69, 9.17) is 4.74 Å². The van der Waals surface area contributed by atoms with Crippen LogP contribution in [0.15, 0.2) is 0 Å². The largest absolute Gasteiger partial charge is 0.469 e. The molecule has 0 atom stereocenters. The Hall–Kier alpha value is -0.710. The summed E-state index contributed by atoms with van der Waals surface area (Å²) >= 11 is 1.59. The minimum absolute atomic E-state index is 0.124. The number of carbonyl (C=O) groups excluding carboxylic acids is 2. The Morgan fingerprint density at radius 1 is 0.600 bits per heavy atom. The molecule has 0 bridgehead atoms. The molecule has 0 saturated carbocycles. The molecule has 0 aromatic heterocycles. The molecule has 5 heteroatoms. The smallest absolute Gasteiger partial charge is 0.306 e. The fourth-order valence-corrected chi connectivity index (χ4v) is 4.25. The van der Waals surface area contributed by atoms with Crippen LogP contribution in [0.2, 0.25) is 0 Å². The predicted octanol–water partition coefficient (Wildman–Crippen LogP) is 7.48. The number of hydrogen-bond donors (Lipinski definition) is 0. The number of hydrogen-bond acceptors (Lipinski definition) is 5. The maximum Gasteiger partial charge on any atom is 0.306 e. The van der Waals surface area contributed by atoms with Crippen molar-refractivity contribution in [3.8, 4) is 0 Å². The predicted molar refractivity (Wildman–Crippen MR) is 129 cm³/mol. The number of thioether (sulfide) groups is 1. The van der Waals surface area contributed by atoms with Gasteiger partial charge in [0.2, 0.25) is 0 Å². The number of ether oxygens (including phenoxy) is 2. The van der Waals surface area contributed by atoms with Crippen molar-refractivity contribution in [1.82, 2.24) is 0 Å². The summed E-state index contributed by atoms with van der Waals surface area (Å²) in [5, 5.41) is 0. The van der Waals surface area contributed by atoms with E-state index in [0.717, 1.165) is 12.8 Å². The van der Waals surface area contributed by atoms with Gasteiger partial charge in [0.05, 0.1) is 26.6 Å². The zero-order valence-corrected chi connectivity index (χ0v) is 20.7. The Bertz CT molecular complexity index is 387. The highest BCUT2D eigenvalue weighted by atomic mass is 32.2. The van der Waals surface area contributed by atoms with Crippen molar-refractivity contribution in [1.29, 1.82) is 0 Å². The lowest BCUT2D eigenvalue weighted by molar-refractivity contribution is -0.143. The molecule has 0 radical (unpaired) electrons. The molecule has 0 fully saturated rings. The van der Waals surface area contributed by atoms with Crippen molar-refractivity contribution in [2.24, 2.45) is 0 Å². The van der Waals surface area contributed by atoms with E-state index in [1.54, 1.807) is 11.8 Å². The molecular formula is C25H48O4S. The zero-order chi connectivity index (χ0) is 22.1. The van der Waals surface area contributed by atoms with Gasteiger partial charge >= 0.3 is 11.9 Å². The number of unbranched alkanes of at least 4 members (excludes halogenated alkanes) is 15. The van der Waals surface area contributed by atoms with E-state index in [1.807, 2.05) is 0 Å². The standard InChI is InChI=1S/C25H48O4S/c1-3-4-5-6-7-8-9-10-11-12-13-14-15-16-17-18-21-29-25(27)20-23-30-22-19-24(26)28-2/h3-23H2,1-2H3. The van der Waals surface area contributed by atoms with Crippen LogP contribution in [0.5, 0.6) is 0 Å². The summed E-state index contributed by atoms with van der Waals surface area (Å²) in [4.78, 5) is 22.6. The van der Waals surface area contributed by atoms with Crippen LogP contribution in [0.25, 0.3) is 0 Å². The number of esters is 2. The molecule has 0 aromatic rings. The van der Waals surface area contributed by atoms with Crippen LogP contribution < -0.4 is 0 Å². The van der Waals surface area contributed by atoms with Gasteiger partial charge in [-0.05, 0) is 6.42 Å². The average Bonchev–Trinajstić information content (AvgIpc) is 2.75. The molecule has 0 spiro atoms. The van der Waals surface area contributed by atoms with Gasteiger partial charge in [0.15, 0.2) is 0 Å². The highest BCUT2D eigenvalue weighted by molar-refractivity contribution is 7.99. The van der Waals surface area contributed by atoms with E-state index in [-0.39, 0.29) is 11.9 Å². The van der Waals surface area contributed by atoms with Crippen molar-refractivity contribution < 1.29 is 19.1 Å². The fourth-order valence-electron chi connectivity index (χ4n) is 3.42. The molecule has 0 N–H and O–H groups in total. The summed E-state index contributed by atoms with van der Waals surface area (Å²) in [6, 6.07) is 0. The summed E-state index contributed by atoms with van der Waals surface area (Å²) in [6.07, 6.45) is 22.4. The Kier molecular flexibility index (Phi) is 24.0. The Morgan fingerprint density at radius 2 is 1.00 bits per heavy atom. The van der Waals surface area contributed by atoms with Crippen molar-refractivity contribution in [3.63, 3.8) is 0 Å². The SMILES string of the molecule is CCCCCCCCCCCCCCCCCCOC(=O)CCSCCC(=O)OC. The maximum absolute atomic E-state index is 11.6. The van der Waals surface area contributed by atoms with E-state index in [0.29, 0.717) is 31.0 Å². The monoisotopic (exact) mass is 444 g/mol. The van der Waals surface area contributed by atoms with Gasteiger partial charge in [-0.1, -0.05) is 103 Å². The molecule has 30 heavy (non-hydrogen) atoms. The van der Waals surface area contributed by atoms with Gasteiger partial charge in [-0.15, -0.1) is 0 Å². The molecule has 0 aromatic carbocycles. The van der Waals surface area contributed by atoms with Gasteiger partial charge in [0, 0.05) is 11.5 Å². The summed E-state index contributed by atoms with van der Waals surface area (Å²) in [7, 11) is 1.39. The van der Waals surface area contributed by atoms with Crippen LogP contribution >= 0.6 is 11.8 Å². The first kappa shape index (κ1) is 29.3. The van der Waals surface area contributed by atoms with Crippen LogP contribution in [-0.2, 0) is 19.1 Å². The molecule has 0 amide bonds. The lowest BCUT2D eigenvalue weighted by atomic mass is 10.0. The molecule has 0 aliphatic carbocycles. The van der Waals surface area contributed by atoms with Crippen molar-refractivity contribution >= 4 is 23.7 Å². The minimum atomic E-state index is -0.200. The summed E-state index contributed by atoms with van der Waals surface area (Å²) in [5.41, 5.74) is 0. The molecular weight excluding hydrogens is 396 g/mol. The molecule has 0 aliphatic heterocycles. The fraction of sp³-hybridized carbons (Fsp3) is 0.920. The first-order chi connectivity index (χ1) is 14.7. The minimum Gasteiger partial charge on any atom is -0.469 e. The number of carbonyl (C=O) groups is 2. The number of rotatable bonds is 23. The van der Waals surface area contributed by atoms with Gasteiger partial charge in [0.1, 0.15) is 0 Å². The second kappa shape index (κ2) is 24.6. The lowest BCUT2D eigenvalue weighted by Crippen LogP contribution is -2.07. The Balaban J connectivity index is 3.15. The van der Waals surface area contributed by atoms with Gasteiger partial charge in [-0.3, -0.25) is 9.59 Å². The molecule has 0 aliphatic rings. The van der Waals surface area contributed by atoms with Crippen LogP contribution in [-0.4, -0.2) is 37.2 Å². The van der Waals surface area contributed by atoms with Crippen LogP contribution in [0.3, 0.4) is 0 Å². The van der Waals surface area contributed by atoms with Crippen molar-refractivity contribution in [3.05, 3.63) is 0 Å². The highest BCUT2D eigenvalue weighted by Gasteiger charge is 2.04. The topological polar surface area (TPSA) is 52.6 Å². The highest BCUT2D eigenvalue weighted by Crippen LogP contribution is 2.14. The molecule has 0 rings (SSSR count). The van der Waals surface area contributed by atoms with E-state index in [1.165, 1.54) is 97.0 Å². The first-order valence-electron chi connectivity index (χ1n) is 12.5. The average molecular weight is 445 g/mol. The van der Waals surface area contributed by atoms with Gasteiger partial charge < -0.3 is 9.47 Å². The van der Waals surface area contributed by atoms with Crippen LogP contribution in [0, 0.1) is 0 Å². The van der Waals surface area contributed by atoms with Crippen LogP contribution in [0.4, 0.5) is 0 Å². The van der Waals surface area contributed by atoms with Crippen molar-refractivity contribution in [2.45, 2.75) is 122 Å². The summed E-state index contributed by atoms with van der Waals surface area (Å²) in [6.45, 7) is 2.82. The lowest BCUT2D eigenvalue weighted by Gasteiger charge is -2.05. The third-order valence-electron chi connectivity index (χ3n) is 5.39. The second-order valence-electron chi connectivity index (χ2n) is 8.21. The third kappa shape index (κ3) is 23.6. The van der Waals surface area contributed by atoms with Gasteiger partial charge in [0.25, 0.3) is 0 Å². The Labute approximate surface area is 190 Å². The van der Waals surface area contributed by atoms with Gasteiger partial charge in [-0.25, -0.2) is 0 Å². The molecule has 0 heterocycles. The quantitative estimate of drug-likeness (QED) is 0.121. The second-order valence-corrected chi connectivity index (χ2v) is 9.44. The first-order valence-corrected chi connectivity index (χ1v) is 13.7. The molecule has 0 unspecified atom stereocenters. The van der Waals surface area contributed by atoms with Gasteiger partial charge in [-0.2, -0.15) is 11.8 Å². The van der Waals surface area contributed by atoms with Crippen LogP contribution in [0.1, 0.15) is 122 Å². The summed E-state index contributed by atoms with van der Waals surface area (Å²) in [5.74, 6) is 1.07. The van der Waals surface area contributed by atoms with E-state index in [9.17, 15) is 9.59 Å².